The number of carbonyl (C=O) groups is 1. The van der Waals surface area contributed by atoms with E-state index >= 15 is 0 Å². The molecule has 4 rings (SSSR count). The fourth-order valence-electron chi connectivity index (χ4n) is 4.23. The van der Waals surface area contributed by atoms with Crippen LogP contribution in [-0.4, -0.2) is 17.1 Å². The minimum absolute atomic E-state index is 0.0438. The standard InChI is InChI=1S/C28H27N3O3S/c1-4-17-7-9-19(10-8-17)15-22-26(32)31-25(30)21(16-29)23(20-13-11-18(5-2)12-14-20)24(27(31)35-22)28(33)34-6-3/h7-15,23H,4-6,30H2,1-3H3/b22-15-/t23-/m1/s1. The molecule has 178 valence electrons. The van der Waals surface area contributed by atoms with Crippen LogP contribution in [0.5, 0.6) is 0 Å². The Morgan fingerprint density at radius 1 is 1.09 bits per heavy atom. The van der Waals surface area contributed by atoms with Gasteiger partial charge in [-0.15, -0.1) is 11.3 Å². The summed E-state index contributed by atoms with van der Waals surface area (Å²) >= 11 is 1.18. The van der Waals surface area contributed by atoms with Crippen molar-refractivity contribution in [1.82, 2.24) is 4.57 Å². The molecule has 2 N–H and O–H groups in total. The minimum atomic E-state index is -0.723. The van der Waals surface area contributed by atoms with Gasteiger partial charge in [0.05, 0.1) is 34.3 Å². The van der Waals surface area contributed by atoms with Crippen LogP contribution in [0.3, 0.4) is 0 Å². The number of hydrogen-bond donors (Lipinski definition) is 1. The van der Waals surface area contributed by atoms with E-state index in [-0.39, 0.29) is 29.1 Å². The number of allylic oxidation sites excluding steroid dienone is 1. The largest absolute Gasteiger partial charge is 0.463 e. The van der Waals surface area contributed by atoms with Crippen molar-refractivity contribution in [3.63, 3.8) is 0 Å². The van der Waals surface area contributed by atoms with Crippen molar-refractivity contribution in [3.05, 3.63) is 95.9 Å². The highest BCUT2D eigenvalue weighted by Gasteiger charge is 2.36. The zero-order valence-corrected chi connectivity index (χ0v) is 20.8. The Labute approximate surface area is 207 Å². The van der Waals surface area contributed by atoms with Gasteiger partial charge in [0.2, 0.25) is 0 Å². The SMILES string of the molecule is CCOC(=O)C1=c2s/c(=C\c3ccc(CC)cc3)c(=O)n2C(N)=C(C#N)[C@H]1c1ccc(CC)cc1. The van der Waals surface area contributed by atoms with E-state index in [0.717, 1.165) is 29.5 Å². The van der Waals surface area contributed by atoms with Crippen molar-refractivity contribution in [3.8, 4) is 6.07 Å². The van der Waals surface area contributed by atoms with Gasteiger partial charge in [0.15, 0.2) is 0 Å². The number of nitrogens with zero attached hydrogens (tertiary/aromatic N) is 2. The van der Waals surface area contributed by atoms with Gasteiger partial charge in [-0.1, -0.05) is 62.4 Å². The van der Waals surface area contributed by atoms with Crippen molar-refractivity contribution in [2.24, 2.45) is 5.73 Å². The van der Waals surface area contributed by atoms with E-state index in [1.807, 2.05) is 48.5 Å². The normalized spacial score (nSPS) is 15.7. The maximum atomic E-state index is 13.4. The van der Waals surface area contributed by atoms with Gasteiger partial charge in [-0.2, -0.15) is 5.26 Å². The second-order valence-electron chi connectivity index (χ2n) is 8.22. The fourth-order valence-corrected chi connectivity index (χ4v) is 5.40. The number of thiazole rings is 1. The van der Waals surface area contributed by atoms with Crippen LogP contribution in [0.25, 0.3) is 17.5 Å². The molecule has 2 aromatic carbocycles. The van der Waals surface area contributed by atoms with Crippen LogP contribution in [0.4, 0.5) is 0 Å². The van der Waals surface area contributed by atoms with Gasteiger partial charge in [-0.05, 0) is 48.1 Å². The van der Waals surface area contributed by atoms with Crippen LogP contribution in [0.15, 0.2) is 58.9 Å². The third kappa shape index (κ3) is 4.45. The molecule has 3 aromatic rings. The predicted octanol–water partition coefficient (Wildman–Crippen LogP) is 3.03. The van der Waals surface area contributed by atoms with E-state index < -0.39 is 11.9 Å². The minimum Gasteiger partial charge on any atom is -0.463 e. The molecular weight excluding hydrogens is 458 g/mol. The number of rotatable bonds is 6. The van der Waals surface area contributed by atoms with Crippen molar-refractivity contribution >= 4 is 34.8 Å². The van der Waals surface area contributed by atoms with E-state index in [2.05, 4.69) is 19.9 Å². The highest BCUT2D eigenvalue weighted by atomic mass is 32.1. The molecule has 0 saturated heterocycles. The van der Waals surface area contributed by atoms with Crippen LogP contribution in [-0.2, 0) is 22.4 Å². The molecule has 0 aliphatic carbocycles. The number of benzene rings is 2. The fraction of sp³-hybridized carbons (Fsp3) is 0.250. The first kappa shape index (κ1) is 24.2. The number of hydrogen-bond acceptors (Lipinski definition) is 6. The number of nitriles is 1. The Bertz CT molecular complexity index is 1520. The molecule has 6 nitrogen and oxygen atoms in total. The topological polar surface area (TPSA) is 98.1 Å². The second-order valence-corrected chi connectivity index (χ2v) is 9.26. The summed E-state index contributed by atoms with van der Waals surface area (Å²) in [7, 11) is 0. The lowest BCUT2D eigenvalue weighted by atomic mass is 9.83. The van der Waals surface area contributed by atoms with Crippen LogP contribution in [0.1, 0.15) is 48.9 Å². The molecule has 0 unspecified atom stereocenters. The summed E-state index contributed by atoms with van der Waals surface area (Å²) in [6, 6.07) is 17.8. The van der Waals surface area contributed by atoms with E-state index in [0.29, 0.717) is 9.20 Å². The maximum Gasteiger partial charge on any atom is 0.338 e. The number of esters is 1. The molecule has 0 saturated carbocycles. The third-order valence-corrected chi connectivity index (χ3v) is 7.28. The van der Waals surface area contributed by atoms with Crippen molar-refractivity contribution in [2.45, 2.75) is 39.5 Å². The molecule has 1 aromatic heterocycles. The van der Waals surface area contributed by atoms with Gasteiger partial charge in [0.1, 0.15) is 10.5 Å². The monoisotopic (exact) mass is 485 g/mol. The molecule has 1 aliphatic heterocycles. The molecule has 0 bridgehead atoms. The lowest BCUT2D eigenvalue weighted by Gasteiger charge is -2.24. The number of aromatic nitrogens is 1. The third-order valence-electron chi connectivity index (χ3n) is 6.17. The molecule has 2 heterocycles. The quantitative estimate of drug-likeness (QED) is 0.541. The average Bonchev–Trinajstić information content (AvgIpc) is 3.20. The summed E-state index contributed by atoms with van der Waals surface area (Å²) in [6.07, 6.45) is 3.57. The molecule has 1 atom stereocenters. The highest BCUT2D eigenvalue weighted by Crippen LogP contribution is 2.36. The Morgan fingerprint density at radius 2 is 1.69 bits per heavy atom. The zero-order chi connectivity index (χ0) is 25.1. The van der Waals surface area contributed by atoms with Crippen LogP contribution < -0.4 is 20.5 Å². The smallest absolute Gasteiger partial charge is 0.338 e. The number of fused-ring (bicyclic) bond motifs is 1. The molecule has 1 aliphatic rings. The Kier molecular flexibility index (Phi) is 7.04. The summed E-state index contributed by atoms with van der Waals surface area (Å²) in [5.41, 5.74) is 10.4. The van der Waals surface area contributed by atoms with Crippen molar-refractivity contribution < 1.29 is 9.53 Å². The van der Waals surface area contributed by atoms with E-state index in [9.17, 15) is 14.9 Å². The summed E-state index contributed by atoms with van der Waals surface area (Å²) in [6.45, 7) is 6.04. The van der Waals surface area contributed by atoms with E-state index in [1.165, 1.54) is 21.5 Å². The first-order chi connectivity index (χ1) is 16.9. The maximum absolute atomic E-state index is 13.4. The van der Waals surface area contributed by atoms with Crippen LogP contribution in [0.2, 0.25) is 0 Å². The van der Waals surface area contributed by atoms with Gasteiger partial charge in [0.25, 0.3) is 5.56 Å². The summed E-state index contributed by atoms with van der Waals surface area (Å²) in [5, 5.41) is 10.1. The molecule has 0 fully saturated rings. The number of ether oxygens (including phenoxy) is 1. The lowest BCUT2D eigenvalue weighted by Crippen LogP contribution is -2.40. The van der Waals surface area contributed by atoms with E-state index in [1.54, 1.807) is 13.0 Å². The molecular formula is C28H27N3O3S. The molecule has 0 spiro atoms. The highest BCUT2D eigenvalue weighted by molar-refractivity contribution is 7.07. The molecule has 0 radical (unpaired) electrons. The second kappa shape index (κ2) is 10.2. The first-order valence-corrected chi connectivity index (χ1v) is 12.5. The summed E-state index contributed by atoms with van der Waals surface area (Å²) in [4.78, 5) is 26.7. The predicted molar refractivity (Wildman–Crippen MR) is 139 cm³/mol. The van der Waals surface area contributed by atoms with Crippen LogP contribution >= 0.6 is 11.3 Å². The number of carbonyl (C=O) groups excluding carboxylic acids is 1. The summed E-state index contributed by atoms with van der Waals surface area (Å²) in [5.74, 6) is -1.24. The van der Waals surface area contributed by atoms with Crippen molar-refractivity contribution in [1.29, 1.82) is 5.26 Å². The van der Waals surface area contributed by atoms with Crippen molar-refractivity contribution in [2.75, 3.05) is 6.61 Å². The number of aryl methyl sites for hydroxylation is 2. The van der Waals surface area contributed by atoms with Gasteiger partial charge in [-0.25, -0.2) is 4.79 Å². The molecule has 7 heteroatoms. The first-order valence-electron chi connectivity index (χ1n) is 11.7. The van der Waals surface area contributed by atoms with Gasteiger partial charge in [0, 0.05) is 0 Å². The Balaban J connectivity index is 2.03. The molecule has 0 amide bonds. The Morgan fingerprint density at radius 3 is 2.23 bits per heavy atom. The zero-order valence-electron chi connectivity index (χ0n) is 20.0. The van der Waals surface area contributed by atoms with Gasteiger partial charge >= 0.3 is 5.97 Å². The van der Waals surface area contributed by atoms with Gasteiger partial charge < -0.3 is 10.5 Å². The number of nitrogens with two attached hydrogens (primary N) is 1. The summed E-state index contributed by atoms with van der Waals surface area (Å²) < 4.78 is 7.48. The Hall–Kier alpha value is -3.89. The average molecular weight is 486 g/mol. The lowest BCUT2D eigenvalue weighted by molar-refractivity contribution is -0.136. The molecule has 35 heavy (non-hydrogen) atoms. The van der Waals surface area contributed by atoms with Gasteiger partial charge in [-0.3, -0.25) is 9.36 Å². The van der Waals surface area contributed by atoms with Crippen LogP contribution in [0, 0.1) is 11.3 Å². The van der Waals surface area contributed by atoms with E-state index in [4.69, 9.17) is 10.5 Å².